The van der Waals surface area contributed by atoms with Crippen molar-refractivity contribution in [3.63, 3.8) is 0 Å². The van der Waals surface area contributed by atoms with Crippen molar-refractivity contribution in [2.75, 3.05) is 18.9 Å². The highest BCUT2D eigenvalue weighted by atomic mass is 16.2. The number of hydrogen-bond acceptors (Lipinski definition) is 3. The lowest BCUT2D eigenvalue weighted by molar-refractivity contribution is -0.122. The van der Waals surface area contributed by atoms with Crippen LogP contribution in [0.4, 0.5) is 10.5 Å². The Kier molecular flexibility index (Phi) is 6.68. The van der Waals surface area contributed by atoms with Gasteiger partial charge < -0.3 is 21.3 Å². The predicted octanol–water partition coefficient (Wildman–Crippen LogP) is 1.61. The van der Waals surface area contributed by atoms with E-state index in [1.807, 2.05) is 45.2 Å². The standard InChI is InChI=1S/C15H24N4O2/c1-5-17-14(20)11(3)18-15(21)19-13-8-6-7-12(9-13)10(2)16-4/h6-11,16H,5H2,1-4H3,(H,17,20)(H2,18,19,21). The molecule has 116 valence electrons. The van der Waals surface area contributed by atoms with E-state index in [0.29, 0.717) is 12.2 Å². The molecule has 0 saturated carbocycles. The number of amides is 3. The van der Waals surface area contributed by atoms with Crippen molar-refractivity contribution in [1.29, 1.82) is 0 Å². The van der Waals surface area contributed by atoms with Crippen LogP contribution >= 0.6 is 0 Å². The summed E-state index contributed by atoms with van der Waals surface area (Å²) in [7, 11) is 1.88. The fourth-order valence-electron chi connectivity index (χ4n) is 1.81. The molecular formula is C15H24N4O2. The van der Waals surface area contributed by atoms with Gasteiger partial charge in [-0.05, 0) is 45.5 Å². The van der Waals surface area contributed by atoms with Crippen molar-refractivity contribution in [2.24, 2.45) is 0 Å². The Balaban J connectivity index is 2.60. The first kappa shape index (κ1) is 17.0. The molecule has 0 aliphatic carbocycles. The third-order valence-electron chi connectivity index (χ3n) is 3.17. The molecule has 0 heterocycles. The summed E-state index contributed by atoms with van der Waals surface area (Å²) < 4.78 is 0. The molecule has 2 unspecified atom stereocenters. The first-order valence-electron chi connectivity index (χ1n) is 7.10. The van der Waals surface area contributed by atoms with Crippen LogP contribution in [0.15, 0.2) is 24.3 Å². The highest BCUT2D eigenvalue weighted by Gasteiger charge is 2.14. The molecule has 1 aromatic carbocycles. The van der Waals surface area contributed by atoms with E-state index in [0.717, 1.165) is 5.56 Å². The molecule has 0 bridgehead atoms. The summed E-state index contributed by atoms with van der Waals surface area (Å²) in [6.45, 7) is 6.05. The molecule has 1 rings (SSSR count). The van der Waals surface area contributed by atoms with Crippen molar-refractivity contribution >= 4 is 17.6 Å². The lowest BCUT2D eigenvalue weighted by atomic mass is 10.1. The van der Waals surface area contributed by atoms with Crippen LogP contribution in [0.25, 0.3) is 0 Å². The minimum Gasteiger partial charge on any atom is -0.355 e. The zero-order chi connectivity index (χ0) is 15.8. The number of carbonyl (C=O) groups excluding carboxylic acids is 2. The molecule has 3 amide bonds. The summed E-state index contributed by atoms with van der Waals surface area (Å²) in [5, 5.41) is 11.1. The van der Waals surface area contributed by atoms with Crippen LogP contribution in [0.2, 0.25) is 0 Å². The SMILES string of the molecule is CCNC(=O)C(C)NC(=O)Nc1cccc(C(C)NC)c1. The second-order valence-corrected chi connectivity index (χ2v) is 4.85. The highest BCUT2D eigenvalue weighted by molar-refractivity contribution is 5.93. The summed E-state index contributed by atoms with van der Waals surface area (Å²) in [5.41, 5.74) is 1.77. The highest BCUT2D eigenvalue weighted by Crippen LogP contribution is 2.16. The molecule has 0 aromatic heterocycles. The molecule has 0 spiro atoms. The Morgan fingerprint density at radius 1 is 1.24 bits per heavy atom. The summed E-state index contributed by atoms with van der Waals surface area (Å²) >= 11 is 0. The number of nitrogens with one attached hydrogen (secondary N) is 4. The number of likely N-dealkylation sites (N-methyl/N-ethyl adjacent to an activating group) is 1. The van der Waals surface area contributed by atoms with Gasteiger partial charge in [0.1, 0.15) is 6.04 Å². The topological polar surface area (TPSA) is 82.3 Å². The van der Waals surface area contributed by atoms with E-state index in [9.17, 15) is 9.59 Å². The van der Waals surface area contributed by atoms with Crippen LogP contribution in [0.3, 0.4) is 0 Å². The molecule has 6 heteroatoms. The van der Waals surface area contributed by atoms with E-state index in [-0.39, 0.29) is 11.9 Å². The van der Waals surface area contributed by atoms with Gasteiger partial charge in [-0.15, -0.1) is 0 Å². The summed E-state index contributed by atoms with van der Waals surface area (Å²) in [6.07, 6.45) is 0. The van der Waals surface area contributed by atoms with Crippen molar-refractivity contribution in [2.45, 2.75) is 32.9 Å². The van der Waals surface area contributed by atoms with Crippen LogP contribution < -0.4 is 21.3 Å². The second kappa shape index (κ2) is 8.26. The number of carbonyl (C=O) groups is 2. The summed E-state index contributed by atoms with van der Waals surface area (Å²) in [4.78, 5) is 23.4. The van der Waals surface area contributed by atoms with Crippen molar-refractivity contribution in [3.05, 3.63) is 29.8 Å². The molecule has 4 N–H and O–H groups in total. The molecule has 0 radical (unpaired) electrons. The molecule has 6 nitrogen and oxygen atoms in total. The maximum absolute atomic E-state index is 11.9. The number of anilines is 1. The number of hydrogen-bond donors (Lipinski definition) is 4. The predicted molar refractivity (Wildman–Crippen MR) is 84.2 cm³/mol. The third-order valence-corrected chi connectivity index (χ3v) is 3.17. The van der Waals surface area contributed by atoms with E-state index in [2.05, 4.69) is 21.3 Å². The maximum Gasteiger partial charge on any atom is 0.319 e. The lowest BCUT2D eigenvalue weighted by Crippen LogP contribution is -2.46. The first-order chi connectivity index (χ1) is 9.97. The van der Waals surface area contributed by atoms with Gasteiger partial charge in [0, 0.05) is 18.3 Å². The van der Waals surface area contributed by atoms with Gasteiger partial charge in [0.15, 0.2) is 0 Å². The maximum atomic E-state index is 11.9. The fraction of sp³-hybridized carbons (Fsp3) is 0.467. The van der Waals surface area contributed by atoms with Crippen molar-refractivity contribution in [3.8, 4) is 0 Å². The van der Waals surface area contributed by atoms with Gasteiger partial charge in [0.05, 0.1) is 0 Å². The fourth-order valence-corrected chi connectivity index (χ4v) is 1.81. The largest absolute Gasteiger partial charge is 0.355 e. The average Bonchev–Trinajstić information content (AvgIpc) is 2.46. The van der Waals surface area contributed by atoms with Gasteiger partial charge in [-0.2, -0.15) is 0 Å². The molecular weight excluding hydrogens is 268 g/mol. The van der Waals surface area contributed by atoms with Gasteiger partial charge in [-0.25, -0.2) is 4.79 Å². The summed E-state index contributed by atoms with van der Waals surface area (Å²) in [6, 6.07) is 6.80. The Hall–Kier alpha value is -2.08. The molecule has 0 fully saturated rings. The van der Waals surface area contributed by atoms with Crippen molar-refractivity contribution in [1.82, 2.24) is 16.0 Å². The van der Waals surface area contributed by atoms with Crippen LogP contribution in [0, 0.1) is 0 Å². The zero-order valence-electron chi connectivity index (χ0n) is 13.0. The van der Waals surface area contributed by atoms with Crippen LogP contribution in [0.5, 0.6) is 0 Å². The molecule has 1 aromatic rings. The van der Waals surface area contributed by atoms with E-state index >= 15 is 0 Å². The molecule has 0 saturated heterocycles. The smallest absolute Gasteiger partial charge is 0.319 e. The number of urea groups is 1. The van der Waals surface area contributed by atoms with Gasteiger partial charge in [0.25, 0.3) is 0 Å². The van der Waals surface area contributed by atoms with E-state index in [4.69, 9.17) is 0 Å². The van der Waals surface area contributed by atoms with Crippen LogP contribution in [0.1, 0.15) is 32.4 Å². The molecule has 0 aliphatic heterocycles. The quantitative estimate of drug-likeness (QED) is 0.643. The van der Waals surface area contributed by atoms with Gasteiger partial charge in [-0.1, -0.05) is 12.1 Å². The lowest BCUT2D eigenvalue weighted by Gasteiger charge is -2.15. The monoisotopic (exact) mass is 292 g/mol. The zero-order valence-corrected chi connectivity index (χ0v) is 13.0. The third kappa shape index (κ3) is 5.43. The minimum atomic E-state index is -0.579. The normalized spacial score (nSPS) is 13.1. The van der Waals surface area contributed by atoms with Crippen LogP contribution in [-0.4, -0.2) is 31.6 Å². The Morgan fingerprint density at radius 3 is 2.57 bits per heavy atom. The minimum absolute atomic E-state index is 0.198. The van der Waals surface area contributed by atoms with E-state index in [1.54, 1.807) is 6.92 Å². The second-order valence-electron chi connectivity index (χ2n) is 4.85. The summed E-state index contributed by atoms with van der Waals surface area (Å²) in [5.74, 6) is -0.204. The molecule has 2 atom stereocenters. The van der Waals surface area contributed by atoms with Gasteiger partial charge in [0.2, 0.25) is 5.91 Å². The van der Waals surface area contributed by atoms with Gasteiger partial charge in [-0.3, -0.25) is 4.79 Å². The first-order valence-corrected chi connectivity index (χ1v) is 7.10. The van der Waals surface area contributed by atoms with Gasteiger partial charge >= 0.3 is 6.03 Å². The molecule has 0 aliphatic rings. The van der Waals surface area contributed by atoms with Crippen molar-refractivity contribution < 1.29 is 9.59 Å². The van der Waals surface area contributed by atoms with E-state index in [1.165, 1.54) is 0 Å². The van der Waals surface area contributed by atoms with Crippen LogP contribution in [-0.2, 0) is 4.79 Å². The van der Waals surface area contributed by atoms with E-state index < -0.39 is 12.1 Å². The Morgan fingerprint density at radius 2 is 1.95 bits per heavy atom. The number of benzene rings is 1. The Labute approximate surface area is 125 Å². The number of rotatable bonds is 6. The average molecular weight is 292 g/mol. The molecule has 21 heavy (non-hydrogen) atoms. The Bertz CT molecular complexity index is 490.